The van der Waals surface area contributed by atoms with Gasteiger partial charge < -0.3 is 4.74 Å². The van der Waals surface area contributed by atoms with Crippen LogP contribution in [0.4, 0.5) is 0 Å². The molecule has 1 saturated carbocycles. The molecule has 2 heterocycles. The molecule has 1 aromatic heterocycles. The van der Waals surface area contributed by atoms with Crippen molar-refractivity contribution < 1.29 is 13.2 Å². The van der Waals surface area contributed by atoms with Gasteiger partial charge in [-0.3, -0.25) is 5.10 Å². The fourth-order valence-corrected chi connectivity index (χ4v) is 3.67. The number of nitrogens with zero attached hydrogens (tertiary/aromatic N) is 3. The molecule has 0 amide bonds. The van der Waals surface area contributed by atoms with Crippen molar-refractivity contribution in [3.05, 3.63) is 11.6 Å². The lowest BCUT2D eigenvalue weighted by Crippen LogP contribution is -2.28. The van der Waals surface area contributed by atoms with Crippen molar-refractivity contribution in [1.29, 1.82) is 0 Å². The molecule has 1 saturated heterocycles. The number of nitrogens with one attached hydrogen (secondary N) is 1. The second kappa shape index (κ2) is 5.09. The van der Waals surface area contributed by atoms with Crippen molar-refractivity contribution in [2.45, 2.75) is 24.7 Å². The molecule has 7 nitrogen and oxygen atoms in total. The first kappa shape index (κ1) is 14.0. The molecule has 20 heavy (non-hydrogen) atoms. The fraction of sp³-hybridized carbons (Fsp3) is 0.833. The molecule has 0 unspecified atom stereocenters. The van der Waals surface area contributed by atoms with Crippen LogP contribution in [0, 0.1) is 5.92 Å². The van der Waals surface area contributed by atoms with E-state index in [9.17, 15) is 8.42 Å². The Hall–Kier alpha value is -0.990. The largest absolute Gasteiger partial charge is 0.384 e. The number of H-pyrrole nitrogens is 1. The minimum absolute atomic E-state index is 0.0321. The fourth-order valence-electron chi connectivity index (χ4n) is 2.77. The van der Waals surface area contributed by atoms with Gasteiger partial charge in [0.15, 0.2) is 5.82 Å². The molecule has 8 heteroatoms. The minimum Gasteiger partial charge on any atom is -0.384 e. The summed E-state index contributed by atoms with van der Waals surface area (Å²) in [5.74, 6) is 2.31. The molecular formula is C12H20N4O3S. The molecule has 2 atom stereocenters. The summed E-state index contributed by atoms with van der Waals surface area (Å²) in [6.45, 7) is 1.46. The normalized spacial score (nSPS) is 28.1. The number of hydrogen-bond acceptors (Lipinski definition) is 5. The van der Waals surface area contributed by atoms with E-state index in [-0.39, 0.29) is 11.8 Å². The Bertz CT molecular complexity index is 581. The third-order valence-corrected chi connectivity index (χ3v) is 5.31. The first-order chi connectivity index (χ1) is 9.49. The zero-order valence-corrected chi connectivity index (χ0v) is 12.6. The van der Waals surface area contributed by atoms with E-state index in [2.05, 4.69) is 15.2 Å². The topological polar surface area (TPSA) is 88.2 Å². The van der Waals surface area contributed by atoms with Crippen molar-refractivity contribution in [3.8, 4) is 0 Å². The molecule has 0 bridgehead atoms. The Balaban J connectivity index is 1.81. The lowest BCUT2D eigenvalue weighted by Gasteiger charge is -2.14. The van der Waals surface area contributed by atoms with Crippen molar-refractivity contribution in [2.75, 3.05) is 33.1 Å². The SMILES string of the molecule is COC[C@@H]1CN(S(C)(=O)=O)C[C@H]1c1nc(C2CC2)n[nH]1. The van der Waals surface area contributed by atoms with E-state index in [0.717, 1.165) is 24.5 Å². The molecule has 1 N–H and O–H groups in total. The van der Waals surface area contributed by atoms with Crippen LogP contribution in [0.2, 0.25) is 0 Å². The van der Waals surface area contributed by atoms with Crippen LogP contribution < -0.4 is 0 Å². The highest BCUT2D eigenvalue weighted by atomic mass is 32.2. The predicted octanol–water partition coefficient (Wildman–Crippen LogP) is 0.304. The summed E-state index contributed by atoms with van der Waals surface area (Å²) in [5, 5.41) is 7.25. The third kappa shape index (κ3) is 2.72. The molecule has 1 aliphatic heterocycles. The Kier molecular flexibility index (Phi) is 3.55. The van der Waals surface area contributed by atoms with Gasteiger partial charge in [0.1, 0.15) is 5.82 Å². The Morgan fingerprint density at radius 3 is 2.75 bits per heavy atom. The van der Waals surface area contributed by atoms with Gasteiger partial charge in [-0.15, -0.1) is 0 Å². The Morgan fingerprint density at radius 2 is 2.15 bits per heavy atom. The van der Waals surface area contributed by atoms with Gasteiger partial charge in [-0.05, 0) is 12.8 Å². The highest BCUT2D eigenvalue weighted by Gasteiger charge is 2.40. The number of aromatic nitrogens is 3. The summed E-state index contributed by atoms with van der Waals surface area (Å²) < 4.78 is 30.2. The van der Waals surface area contributed by atoms with E-state index < -0.39 is 10.0 Å². The lowest BCUT2D eigenvalue weighted by molar-refractivity contribution is 0.150. The maximum atomic E-state index is 11.7. The van der Waals surface area contributed by atoms with Crippen LogP contribution in [0.3, 0.4) is 0 Å². The molecule has 0 spiro atoms. The smallest absolute Gasteiger partial charge is 0.211 e. The quantitative estimate of drug-likeness (QED) is 0.845. The number of ether oxygens (including phenoxy) is 1. The molecule has 0 aromatic carbocycles. The van der Waals surface area contributed by atoms with E-state index in [1.165, 1.54) is 10.6 Å². The summed E-state index contributed by atoms with van der Waals surface area (Å²) in [6.07, 6.45) is 3.55. The van der Waals surface area contributed by atoms with Gasteiger partial charge in [-0.2, -0.15) is 5.10 Å². The van der Waals surface area contributed by atoms with Gasteiger partial charge in [-0.25, -0.2) is 17.7 Å². The Morgan fingerprint density at radius 1 is 1.40 bits per heavy atom. The van der Waals surface area contributed by atoms with Gasteiger partial charge in [-0.1, -0.05) is 0 Å². The van der Waals surface area contributed by atoms with Gasteiger partial charge >= 0.3 is 0 Å². The van der Waals surface area contributed by atoms with Gasteiger partial charge in [0.2, 0.25) is 10.0 Å². The lowest BCUT2D eigenvalue weighted by atomic mass is 9.96. The van der Waals surface area contributed by atoms with Crippen LogP contribution in [0.1, 0.15) is 36.3 Å². The first-order valence-corrected chi connectivity index (χ1v) is 8.70. The molecule has 112 valence electrons. The van der Waals surface area contributed by atoms with Crippen LogP contribution in [0.5, 0.6) is 0 Å². The van der Waals surface area contributed by atoms with E-state index >= 15 is 0 Å². The van der Waals surface area contributed by atoms with Crippen molar-refractivity contribution in [3.63, 3.8) is 0 Å². The van der Waals surface area contributed by atoms with Crippen molar-refractivity contribution in [2.24, 2.45) is 5.92 Å². The van der Waals surface area contributed by atoms with E-state index in [1.54, 1.807) is 7.11 Å². The van der Waals surface area contributed by atoms with E-state index in [0.29, 0.717) is 25.6 Å². The van der Waals surface area contributed by atoms with Gasteiger partial charge in [0, 0.05) is 38.0 Å². The molecule has 2 aliphatic rings. The number of aromatic amines is 1. The zero-order valence-electron chi connectivity index (χ0n) is 11.7. The van der Waals surface area contributed by atoms with Crippen molar-refractivity contribution >= 4 is 10.0 Å². The Labute approximate surface area is 118 Å². The summed E-state index contributed by atoms with van der Waals surface area (Å²) in [6, 6.07) is 0. The first-order valence-electron chi connectivity index (χ1n) is 6.85. The van der Waals surface area contributed by atoms with Crippen LogP contribution in [-0.4, -0.2) is 61.0 Å². The second-order valence-corrected chi connectivity index (χ2v) is 7.74. The van der Waals surface area contributed by atoms with E-state index in [4.69, 9.17) is 4.74 Å². The highest BCUT2D eigenvalue weighted by Crippen LogP contribution is 2.39. The van der Waals surface area contributed by atoms with Gasteiger partial charge in [0.05, 0.1) is 12.9 Å². The predicted molar refractivity (Wildman–Crippen MR) is 72.9 cm³/mol. The zero-order chi connectivity index (χ0) is 14.3. The van der Waals surface area contributed by atoms with Crippen LogP contribution in [0.15, 0.2) is 0 Å². The average Bonchev–Trinajstić information content (AvgIpc) is 2.95. The van der Waals surface area contributed by atoms with Crippen LogP contribution >= 0.6 is 0 Å². The second-order valence-electron chi connectivity index (χ2n) is 5.76. The average molecular weight is 300 g/mol. The highest BCUT2D eigenvalue weighted by molar-refractivity contribution is 7.88. The number of methoxy groups -OCH3 is 1. The summed E-state index contributed by atoms with van der Waals surface area (Å²) >= 11 is 0. The molecular weight excluding hydrogens is 280 g/mol. The van der Waals surface area contributed by atoms with E-state index in [1.807, 2.05) is 0 Å². The van der Waals surface area contributed by atoms with Crippen molar-refractivity contribution in [1.82, 2.24) is 19.5 Å². The molecule has 1 aliphatic carbocycles. The maximum absolute atomic E-state index is 11.7. The number of sulfonamides is 1. The summed E-state index contributed by atoms with van der Waals surface area (Å²) in [4.78, 5) is 4.56. The van der Waals surface area contributed by atoms with Gasteiger partial charge in [0.25, 0.3) is 0 Å². The van der Waals surface area contributed by atoms with Crippen LogP contribution in [-0.2, 0) is 14.8 Å². The monoisotopic (exact) mass is 300 g/mol. The molecule has 1 aromatic rings. The standard InChI is InChI=1S/C12H20N4O3S/c1-19-7-9-5-16(20(2,17)18)6-10(9)12-13-11(14-15-12)8-3-4-8/h8-10H,3-7H2,1-2H3,(H,13,14,15)/t9-,10+/m0/s1. The minimum atomic E-state index is -3.18. The molecule has 3 rings (SSSR count). The van der Waals surface area contributed by atoms with Crippen LogP contribution in [0.25, 0.3) is 0 Å². The number of rotatable bonds is 5. The third-order valence-electron chi connectivity index (χ3n) is 4.07. The molecule has 2 fully saturated rings. The summed E-state index contributed by atoms with van der Waals surface area (Å²) in [7, 11) is -1.54. The number of hydrogen-bond donors (Lipinski definition) is 1. The molecule has 0 radical (unpaired) electrons. The summed E-state index contributed by atoms with van der Waals surface area (Å²) in [5.41, 5.74) is 0. The maximum Gasteiger partial charge on any atom is 0.211 e.